The molecule has 0 saturated carbocycles. The summed E-state index contributed by atoms with van der Waals surface area (Å²) in [4.78, 5) is 15.6. The van der Waals surface area contributed by atoms with Crippen LogP contribution in [0.2, 0.25) is 0 Å². The van der Waals surface area contributed by atoms with Gasteiger partial charge < -0.3 is 9.47 Å². The summed E-state index contributed by atoms with van der Waals surface area (Å²) >= 11 is 0. The van der Waals surface area contributed by atoms with Gasteiger partial charge in [-0.05, 0) is 24.3 Å². The Morgan fingerprint density at radius 1 is 1.30 bits per heavy atom. The Bertz CT molecular complexity index is 640. The maximum absolute atomic E-state index is 12.1. The average molecular weight is 285 g/mol. The van der Waals surface area contributed by atoms with Gasteiger partial charge >= 0.3 is 12.1 Å². The van der Waals surface area contributed by atoms with E-state index < -0.39 is 18.8 Å². The number of pyridine rings is 1. The largest absolute Gasteiger partial charge is 0.484 e. The average Bonchev–Trinajstić information content (AvgIpc) is 2.42. The summed E-state index contributed by atoms with van der Waals surface area (Å²) in [6.45, 7) is -1.40. The second-order valence-corrected chi connectivity index (χ2v) is 3.93. The number of esters is 1. The molecule has 1 aromatic carbocycles. The summed E-state index contributed by atoms with van der Waals surface area (Å²) in [5, 5.41) is 0.374. The van der Waals surface area contributed by atoms with Crippen LogP contribution in [0.1, 0.15) is 10.4 Å². The first kappa shape index (κ1) is 14.1. The Kier molecular flexibility index (Phi) is 3.78. The van der Waals surface area contributed by atoms with Gasteiger partial charge in [-0.3, -0.25) is 4.98 Å². The third-order valence-corrected chi connectivity index (χ3v) is 2.52. The lowest BCUT2D eigenvalue weighted by Crippen LogP contribution is -2.19. The number of carbonyl (C=O) groups is 1. The van der Waals surface area contributed by atoms with Crippen LogP contribution in [0.15, 0.2) is 30.5 Å². The van der Waals surface area contributed by atoms with Crippen LogP contribution in [0.5, 0.6) is 5.75 Å². The summed E-state index contributed by atoms with van der Waals surface area (Å²) in [5.74, 6) is -0.585. The molecule has 0 amide bonds. The minimum absolute atomic E-state index is 0.00739. The van der Waals surface area contributed by atoms with Crippen molar-refractivity contribution in [2.24, 2.45) is 0 Å². The first-order valence-electron chi connectivity index (χ1n) is 5.57. The number of carbonyl (C=O) groups excluding carboxylic acids is 1. The lowest BCUT2D eigenvalue weighted by molar-refractivity contribution is -0.153. The third-order valence-electron chi connectivity index (χ3n) is 2.52. The number of rotatable bonds is 3. The quantitative estimate of drug-likeness (QED) is 0.813. The number of methoxy groups -OCH3 is 1. The lowest BCUT2D eigenvalue weighted by Gasteiger charge is -2.10. The third kappa shape index (κ3) is 3.17. The van der Waals surface area contributed by atoms with Crippen LogP contribution in [0.4, 0.5) is 13.2 Å². The van der Waals surface area contributed by atoms with Crippen LogP contribution < -0.4 is 4.74 Å². The maximum atomic E-state index is 12.1. The fraction of sp³-hybridized carbons (Fsp3) is 0.231. The number of alkyl halides is 3. The van der Waals surface area contributed by atoms with Crippen LogP contribution in [0.3, 0.4) is 0 Å². The molecule has 1 aromatic heterocycles. The molecule has 0 bridgehead atoms. The van der Waals surface area contributed by atoms with Gasteiger partial charge in [-0.1, -0.05) is 0 Å². The van der Waals surface area contributed by atoms with Crippen molar-refractivity contribution in [2.75, 3.05) is 13.7 Å². The number of halogens is 3. The molecule has 0 aliphatic rings. The summed E-state index contributed by atoms with van der Waals surface area (Å²) in [6, 6.07) is 5.61. The molecule has 0 aliphatic heterocycles. The number of aromatic nitrogens is 1. The van der Waals surface area contributed by atoms with Crippen molar-refractivity contribution in [1.82, 2.24) is 4.98 Å². The zero-order valence-electron chi connectivity index (χ0n) is 10.4. The molecule has 106 valence electrons. The van der Waals surface area contributed by atoms with E-state index in [1.165, 1.54) is 37.6 Å². The van der Waals surface area contributed by atoms with Gasteiger partial charge in [-0.25, -0.2) is 4.79 Å². The predicted octanol–water partition coefficient (Wildman–Crippen LogP) is 2.96. The van der Waals surface area contributed by atoms with Gasteiger partial charge in [-0.15, -0.1) is 0 Å². The van der Waals surface area contributed by atoms with Crippen molar-refractivity contribution >= 4 is 16.9 Å². The van der Waals surface area contributed by atoms with Crippen molar-refractivity contribution < 1.29 is 27.4 Å². The van der Waals surface area contributed by atoms with Crippen molar-refractivity contribution in [1.29, 1.82) is 0 Å². The number of nitrogens with zero attached hydrogens (tertiary/aromatic N) is 1. The van der Waals surface area contributed by atoms with E-state index in [4.69, 9.17) is 0 Å². The standard InChI is InChI=1S/C13H10F3NO3/c1-19-12(18)9-4-5-17-11-3-2-8(6-10(9)11)20-7-13(14,15)16/h2-6H,7H2,1H3. The van der Waals surface area contributed by atoms with Crippen LogP contribution in [0, 0.1) is 0 Å². The van der Waals surface area contributed by atoms with Gasteiger partial charge in [-0.2, -0.15) is 13.2 Å². The second kappa shape index (κ2) is 5.36. The SMILES string of the molecule is COC(=O)c1ccnc2ccc(OCC(F)(F)F)cc12. The fourth-order valence-corrected chi connectivity index (χ4v) is 1.67. The van der Waals surface area contributed by atoms with Gasteiger partial charge in [0.2, 0.25) is 0 Å². The van der Waals surface area contributed by atoms with E-state index in [9.17, 15) is 18.0 Å². The van der Waals surface area contributed by atoms with Gasteiger partial charge in [0.1, 0.15) is 5.75 Å². The lowest BCUT2D eigenvalue weighted by atomic mass is 10.1. The zero-order chi connectivity index (χ0) is 14.8. The molecule has 0 radical (unpaired) electrons. The van der Waals surface area contributed by atoms with Gasteiger partial charge in [0.25, 0.3) is 0 Å². The summed E-state index contributed by atoms with van der Waals surface area (Å²) in [6.07, 6.45) is -3.00. The van der Waals surface area contributed by atoms with Crippen LogP contribution in [-0.4, -0.2) is 30.8 Å². The minimum atomic E-state index is -4.42. The number of benzene rings is 1. The number of fused-ring (bicyclic) bond motifs is 1. The van der Waals surface area contributed by atoms with Crippen molar-refractivity contribution in [2.45, 2.75) is 6.18 Å². The molecule has 0 aliphatic carbocycles. The molecule has 4 nitrogen and oxygen atoms in total. The molecular weight excluding hydrogens is 275 g/mol. The van der Waals surface area contributed by atoms with E-state index in [0.717, 1.165) is 0 Å². The van der Waals surface area contributed by atoms with E-state index in [-0.39, 0.29) is 11.3 Å². The molecule has 0 spiro atoms. The Morgan fingerprint density at radius 3 is 2.70 bits per heavy atom. The molecule has 0 saturated heterocycles. The molecule has 0 atom stereocenters. The van der Waals surface area contributed by atoms with Crippen molar-refractivity contribution in [3.8, 4) is 5.75 Å². The maximum Gasteiger partial charge on any atom is 0.422 e. The highest BCUT2D eigenvalue weighted by atomic mass is 19.4. The first-order valence-corrected chi connectivity index (χ1v) is 5.57. The molecule has 0 unspecified atom stereocenters. The number of hydrogen-bond acceptors (Lipinski definition) is 4. The van der Waals surface area contributed by atoms with E-state index in [2.05, 4.69) is 14.5 Å². The fourth-order valence-electron chi connectivity index (χ4n) is 1.67. The summed E-state index contributed by atoms with van der Waals surface area (Å²) in [7, 11) is 1.22. The number of ether oxygens (including phenoxy) is 2. The molecule has 0 N–H and O–H groups in total. The topological polar surface area (TPSA) is 48.4 Å². The molecule has 0 fully saturated rings. The molecule has 2 aromatic rings. The zero-order valence-corrected chi connectivity index (χ0v) is 10.4. The van der Waals surface area contributed by atoms with Crippen LogP contribution >= 0.6 is 0 Å². The summed E-state index contributed by atoms with van der Waals surface area (Å²) in [5.41, 5.74) is 0.683. The van der Waals surface area contributed by atoms with E-state index in [0.29, 0.717) is 10.9 Å². The molecule has 7 heteroatoms. The van der Waals surface area contributed by atoms with Crippen molar-refractivity contribution in [3.63, 3.8) is 0 Å². The summed E-state index contributed by atoms with van der Waals surface area (Å²) < 4.78 is 45.6. The molecule has 1 heterocycles. The van der Waals surface area contributed by atoms with E-state index in [1.807, 2.05) is 0 Å². The van der Waals surface area contributed by atoms with Crippen LogP contribution in [0.25, 0.3) is 10.9 Å². The molecular formula is C13H10F3NO3. The number of hydrogen-bond donors (Lipinski definition) is 0. The monoisotopic (exact) mass is 285 g/mol. The predicted molar refractivity (Wildman–Crippen MR) is 64.6 cm³/mol. The van der Waals surface area contributed by atoms with E-state index >= 15 is 0 Å². The van der Waals surface area contributed by atoms with Gasteiger partial charge in [0.05, 0.1) is 18.2 Å². The smallest absolute Gasteiger partial charge is 0.422 e. The van der Waals surface area contributed by atoms with Gasteiger partial charge in [0, 0.05) is 11.6 Å². The highest BCUT2D eigenvalue weighted by Gasteiger charge is 2.28. The van der Waals surface area contributed by atoms with E-state index in [1.54, 1.807) is 0 Å². The second-order valence-electron chi connectivity index (χ2n) is 3.93. The van der Waals surface area contributed by atoms with Crippen LogP contribution in [-0.2, 0) is 4.74 Å². The Morgan fingerprint density at radius 2 is 2.05 bits per heavy atom. The molecule has 20 heavy (non-hydrogen) atoms. The Hall–Kier alpha value is -2.31. The highest BCUT2D eigenvalue weighted by molar-refractivity contribution is 6.03. The van der Waals surface area contributed by atoms with Gasteiger partial charge in [0.15, 0.2) is 6.61 Å². The highest BCUT2D eigenvalue weighted by Crippen LogP contribution is 2.25. The molecule has 2 rings (SSSR count). The Labute approximate surface area is 112 Å². The Balaban J connectivity index is 2.39. The van der Waals surface area contributed by atoms with Crippen molar-refractivity contribution in [3.05, 3.63) is 36.0 Å². The normalized spacial score (nSPS) is 11.4. The minimum Gasteiger partial charge on any atom is -0.484 e. The first-order chi connectivity index (χ1) is 9.40.